The van der Waals surface area contributed by atoms with E-state index in [-0.39, 0.29) is 11.6 Å². The van der Waals surface area contributed by atoms with Gasteiger partial charge in [-0.15, -0.1) is 0 Å². The molecule has 2 rings (SSSR count). The van der Waals surface area contributed by atoms with Gasteiger partial charge < -0.3 is 10.2 Å². The van der Waals surface area contributed by atoms with E-state index in [2.05, 4.69) is 15.2 Å². The average Bonchev–Trinajstić information content (AvgIpc) is 2.55. The van der Waals surface area contributed by atoms with Gasteiger partial charge in [0.05, 0.1) is 11.9 Å². The molecule has 0 atom stereocenters. The summed E-state index contributed by atoms with van der Waals surface area (Å²) in [6.45, 7) is 5.41. The molecule has 1 saturated heterocycles. The van der Waals surface area contributed by atoms with E-state index >= 15 is 0 Å². The number of aromatic nitrogens is 1. The van der Waals surface area contributed by atoms with Crippen molar-refractivity contribution in [3.05, 3.63) is 24.0 Å². The average molecular weight is 321 g/mol. The molecule has 0 aliphatic carbocycles. The van der Waals surface area contributed by atoms with Crippen LogP contribution in [0.2, 0.25) is 0 Å². The molecule has 5 nitrogen and oxygen atoms in total. The van der Waals surface area contributed by atoms with Crippen molar-refractivity contribution in [3.63, 3.8) is 0 Å². The predicted molar refractivity (Wildman–Crippen MR) is 90.9 cm³/mol. The standard InChI is InChI=1S/C16H23N3O2S/c1-13(20)2-8-22-9-3-16(21)14-10-15(12-18-11-14)19-6-4-17-5-7-19/h10-12,17H,2-9H2,1H3. The number of carbonyl (C=O) groups excluding carboxylic acids is 2. The van der Waals surface area contributed by atoms with E-state index in [1.807, 2.05) is 12.3 Å². The maximum atomic E-state index is 12.2. The molecular formula is C16H23N3O2S. The lowest BCUT2D eigenvalue weighted by atomic mass is 10.1. The van der Waals surface area contributed by atoms with Crippen LogP contribution in [-0.2, 0) is 4.79 Å². The molecule has 0 amide bonds. The highest BCUT2D eigenvalue weighted by Crippen LogP contribution is 2.17. The van der Waals surface area contributed by atoms with Crippen LogP contribution in [0.3, 0.4) is 0 Å². The van der Waals surface area contributed by atoms with Crippen LogP contribution < -0.4 is 10.2 Å². The van der Waals surface area contributed by atoms with Crippen LogP contribution in [-0.4, -0.2) is 54.2 Å². The number of rotatable bonds is 8. The Hall–Kier alpha value is -1.40. The Balaban J connectivity index is 1.83. The molecule has 1 N–H and O–H groups in total. The van der Waals surface area contributed by atoms with E-state index in [0.717, 1.165) is 43.4 Å². The zero-order chi connectivity index (χ0) is 15.8. The van der Waals surface area contributed by atoms with Crippen molar-refractivity contribution in [1.29, 1.82) is 0 Å². The summed E-state index contributed by atoms with van der Waals surface area (Å²) in [6, 6.07) is 1.95. The first-order chi connectivity index (χ1) is 10.7. The Bertz CT molecular complexity index is 516. The lowest BCUT2D eigenvalue weighted by Crippen LogP contribution is -2.43. The van der Waals surface area contributed by atoms with Crippen molar-refractivity contribution in [2.24, 2.45) is 0 Å². The van der Waals surface area contributed by atoms with Gasteiger partial charge in [-0.25, -0.2) is 0 Å². The minimum atomic E-state index is 0.125. The fraction of sp³-hybridized carbons (Fsp3) is 0.562. The molecule has 22 heavy (non-hydrogen) atoms. The van der Waals surface area contributed by atoms with Crippen molar-refractivity contribution in [3.8, 4) is 0 Å². The summed E-state index contributed by atoms with van der Waals surface area (Å²) in [4.78, 5) is 29.5. The van der Waals surface area contributed by atoms with Crippen LogP contribution in [0.1, 0.15) is 30.1 Å². The molecule has 0 unspecified atom stereocenters. The van der Waals surface area contributed by atoms with Crippen LogP contribution in [0.4, 0.5) is 5.69 Å². The van der Waals surface area contributed by atoms with Gasteiger partial charge in [-0.2, -0.15) is 11.8 Å². The second-order valence-corrected chi connectivity index (χ2v) is 6.63. The van der Waals surface area contributed by atoms with Gasteiger partial charge in [0.2, 0.25) is 0 Å². The number of pyridine rings is 1. The van der Waals surface area contributed by atoms with Gasteiger partial charge in [0.1, 0.15) is 5.78 Å². The molecule has 2 heterocycles. The van der Waals surface area contributed by atoms with E-state index < -0.39 is 0 Å². The minimum absolute atomic E-state index is 0.125. The number of ketones is 2. The number of hydrogen-bond acceptors (Lipinski definition) is 6. The fourth-order valence-electron chi connectivity index (χ4n) is 2.30. The highest BCUT2D eigenvalue weighted by molar-refractivity contribution is 7.99. The quantitative estimate of drug-likeness (QED) is 0.582. The highest BCUT2D eigenvalue weighted by atomic mass is 32.2. The molecule has 1 aliphatic heterocycles. The zero-order valence-electron chi connectivity index (χ0n) is 13.0. The third kappa shape index (κ3) is 5.42. The van der Waals surface area contributed by atoms with E-state index in [1.165, 1.54) is 0 Å². The number of carbonyl (C=O) groups is 2. The van der Waals surface area contributed by atoms with Gasteiger partial charge in [0.25, 0.3) is 0 Å². The van der Waals surface area contributed by atoms with Crippen LogP contribution in [0.15, 0.2) is 18.5 Å². The summed E-state index contributed by atoms with van der Waals surface area (Å²) < 4.78 is 0. The number of piperazine rings is 1. The van der Waals surface area contributed by atoms with Gasteiger partial charge >= 0.3 is 0 Å². The van der Waals surface area contributed by atoms with Crippen molar-refractivity contribution < 1.29 is 9.59 Å². The first-order valence-corrected chi connectivity index (χ1v) is 8.83. The molecule has 120 valence electrons. The maximum Gasteiger partial charge on any atom is 0.165 e. The van der Waals surface area contributed by atoms with Crippen molar-refractivity contribution >= 4 is 29.0 Å². The first kappa shape index (κ1) is 17.0. The molecule has 0 radical (unpaired) electrons. The minimum Gasteiger partial charge on any atom is -0.368 e. The number of thioether (sulfide) groups is 1. The van der Waals surface area contributed by atoms with Crippen LogP contribution >= 0.6 is 11.8 Å². The van der Waals surface area contributed by atoms with Crippen LogP contribution in [0.5, 0.6) is 0 Å². The summed E-state index contributed by atoms with van der Waals surface area (Å²) in [5, 5.41) is 3.31. The van der Waals surface area contributed by atoms with E-state index in [4.69, 9.17) is 0 Å². The molecule has 1 fully saturated rings. The van der Waals surface area contributed by atoms with Crippen molar-refractivity contribution in [2.75, 3.05) is 42.6 Å². The number of Topliss-reactive ketones (excluding diaryl/α,β-unsaturated/α-hetero) is 2. The lowest BCUT2D eigenvalue weighted by Gasteiger charge is -2.29. The summed E-state index contributed by atoms with van der Waals surface area (Å²) in [5.74, 6) is 1.87. The summed E-state index contributed by atoms with van der Waals surface area (Å²) >= 11 is 1.66. The van der Waals surface area contributed by atoms with Crippen molar-refractivity contribution in [1.82, 2.24) is 10.3 Å². The van der Waals surface area contributed by atoms with E-state index in [1.54, 1.807) is 24.9 Å². The lowest BCUT2D eigenvalue weighted by molar-refractivity contribution is -0.116. The Morgan fingerprint density at radius 3 is 2.68 bits per heavy atom. The van der Waals surface area contributed by atoms with E-state index in [9.17, 15) is 9.59 Å². The van der Waals surface area contributed by atoms with Crippen LogP contribution in [0.25, 0.3) is 0 Å². The van der Waals surface area contributed by atoms with Crippen LogP contribution in [0, 0.1) is 0 Å². The van der Waals surface area contributed by atoms with Crippen molar-refractivity contribution in [2.45, 2.75) is 19.8 Å². The Labute approximate surface area is 135 Å². The Morgan fingerprint density at radius 1 is 1.23 bits per heavy atom. The molecule has 0 saturated carbocycles. The SMILES string of the molecule is CC(=O)CCSCCC(=O)c1cncc(N2CCNCC2)c1. The van der Waals surface area contributed by atoms with Gasteiger partial charge in [-0.05, 0) is 13.0 Å². The number of nitrogens with zero attached hydrogens (tertiary/aromatic N) is 2. The number of nitrogens with one attached hydrogen (secondary N) is 1. The molecule has 1 aliphatic rings. The summed E-state index contributed by atoms with van der Waals surface area (Å²) in [6.07, 6.45) is 4.55. The molecule has 1 aromatic rings. The monoisotopic (exact) mass is 321 g/mol. The highest BCUT2D eigenvalue weighted by Gasteiger charge is 2.13. The zero-order valence-corrected chi connectivity index (χ0v) is 13.8. The molecule has 0 aromatic carbocycles. The smallest absolute Gasteiger partial charge is 0.165 e. The predicted octanol–water partition coefficient (Wildman–Crippen LogP) is 1.78. The molecule has 6 heteroatoms. The first-order valence-electron chi connectivity index (χ1n) is 7.68. The number of hydrogen-bond donors (Lipinski definition) is 1. The molecule has 1 aromatic heterocycles. The Morgan fingerprint density at radius 2 is 1.95 bits per heavy atom. The third-order valence-electron chi connectivity index (χ3n) is 3.60. The Kier molecular flexibility index (Phi) is 6.86. The third-order valence-corrected chi connectivity index (χ3v) is 4.59. The van der Waals surface area contributed by atoms with Gasteiger partial charge in [0, 0.05) is 62.3 Å². The molecular weight excluding hydrogens is 298 g/mol. The van der Waals surface area contributed by atoms with Gasteiger partial charge in [-0.3, -0.25) is 14.6 Å². The topological polar surface area (TPSA) is 62.3 Å². The van der Waals surface area contributed by atoms with E-state index in [0.29, 0.717) is 18.4 Å². The molecule has 0 bridgehead atoms. The summed E-state index contributed by atoms with van der Waals surface area (Å²) in [5.41, 5.74) is 1.71. The fourth-order valence-corrected chi connectivity index (χ4v) is 3.27. The normalized spacial score (nSPS) is 14.9. The number of anilines is 1. The largest absolute Gasteiger partial charge is 0.368 e. The maximum absolute atomic E-state index is 12.2. The van der Waals surface area contributed by atoms with Gasteiger partial charge in [-0.1, -0.05) is 0 Å². The second-order valence-electron chi connectivity index (χ2n) is 5.41. The van der Waals surface area contributed by atoms with Gasteiger partial charge in [0.15, 0.2) is 5.78 Å². The second kappa shape index (κ2) is 8.90. The molecule has 0 spiro atoms. The summed E-state index contributed by atoms with van der Waals surface area (Å²) in [7, 11) is 0.